The molecule has 0 spiro atoms. The lowest BCUT2D eigenvalue weighted by Gasteiger charge is -2.10. The maximum Gasteiger partial charge on any atom is 0.346 e. The van der Waals surface area contributed by atoms with E-state index in [1.165, 1.54) is 6.07 Å². The van der Waals surface area contributed by atoms with Gasteiger partial charge in [-0.1, -0.05) is 0 Å². The van der Waals surface area contributed by atoms with Gasteiger partial charge in [-0.15, -0.1) is 11.3 Å². The van der Waals surface area contributed by atoms with Crippen LogP contribution in [0.3, 0.4) is 0 Å². The van der Waals surface area contributed by atoms with E-state index in [4.69, 9.17) is 9.84 Å². The Morgan fingerprint density at radius 2 is 2.10 bits per heavy atom. The quantitative estimate of drug-likeness (QED) is 0.642. The molecule has 2 N–H and O–H groups in total. The third-order valence-electron chi connectivity index (χ3n) is 2.58. The van der Waals surface area contributed by atoms with Crippen LogP contribution in [0.25, 0.3) is 0 Å². The summed E-state index contributed by atoms with van der Waals surface area (Å²) in [4.78, 5) is 12.9. The number of likely N-dealkylation sites (N-methyl/N-ethyl adjacent to an activating group) is 1. The maximum absolute atomic E-state index is 12.0. The number of carboxylic acid groups (broad SMARTS) is 1. The van der Waals surface area contributed by atoms with Gasteiger partial charge in [-0.25, -0.2) is 17.9 Å². The second-order valence-corrected chi connectivity index (χ2v) is 7.74. The molecule has 1 aromatic rings. The highest BCUT2D eigenvalue weighted by molar-refractivity contribution is 7.91. The van der Waals surface area contributed by atoms with Gasteiger partial charge >= 0.3 is 5.97 Å². The van der Waals surface area contributed by atoms with Gasteiger partial charge in [0.25, 0.3) is 0 Å². The molecule has 0 atom stereocenters. The largest absolute Gasteiger partial charge is 0.477 e. The van der Waals surface area contributed by atoms with Gasteiger partial charge in [0.1, 0.15) is 9.09 Å². The summed E-state index contributed by atoms with van der Waals surface area (Å²) < 4.78 is 31.7. The van der Waals surface area contributed by atoms with Crippen LogP contribution in [0.2, 0.25) is 0 Å². The molecule has 0 saturated carbocycles. The van der Waals surface area contributed by atoms with E-state index in [9.17, 15) is 13.2 Å². The number of thiophene rings is 1. The normalized spacial score (nSPS) is 12.0. The van der Waals surface area contributed by atoms with Crippen molar-refractivity contribution in [3.05, 3.63) is 16.5 Å². The van der Waals surface area contributed by atoms with Gasteiger partial charge in [-0.05, 0) is 32.6 Å². The predicted molar refractivity (Wildman–Crippen MR) is 80.6 cm³/mol. The molecule has 0 fully saturated rings. The van der Waals surface area contributed by atoms with Gasteiger partial charge in [0, 0.05) is 13.1 Å². The molecule has 1 heterocycles. The smallest absolute Gasteiger partial charge is 0.346 e. The Bertz CT molecular complexity index is 580. The molecular weight excluding hydrogens is 316 g/mol. The SMILES string of the molecule is Cc1cc(S(=O)(=O)NCCOCCN(C)C)sc1C(=O)O. The van der Waals surface area contributed by atoms with Gasteiger partial charge < -0.3 is 14.7 Å². The molecule has 1 rings (SSSR count). The average Bonchev–Trinajstić information content (AvgIpc) is 2.76. The van der Waals surface area contributed by atoms with Crippen LogP contribution in [0.15, 0.2) is 10.3 Å². The molecule has 120 valence electrons. The lowest BCUT2D eigenvalue weighted by atomic mass is 10.3. The third-order valence-corrected chi connectivity index (χ3v) is 5.74. The molecular formula is C12H20N2O5S2. The molecule has 21 heavy (non-hydrogen) atoms. The number of sulfonamides is 1. The van der Waals surface area contributed by atoms with E-state index >= 15 is 0 Å². The Morgan fingerprint density at radius 3 is 2.62 bits per heavy atom. The number of aryl methyl sites for hydroxylation is 1. The van der Waals surface area contributed by atoms with Gasteiger partial charge in [-0.3, -0.25) is 0 Å². The van der Waals surface area contributed by atoms with Crippen molar-refractivity contribution in [1.82, 2.24) is 9.62 Å². The Kier molecular flexibility index (Phi) is 6.75. The number of carboxylic acids is 1. The Hall–Kier alpha value is -1.00. The molecule has 0 aromatic carbocycles. The first kappa shape index (κ1) is 18.1. The molecule has 0 saturated heterocycles. The molecule has 0 unspecified atom stereocenters. The van der Waals surface area contributed by atoms with E-state index in [1.807, 2.05) is 19.0 Å². The van der Waals surface area contributed by atoms with Gasteiger partial charge in [0.2, 0.25) is 10.0 Å². The number of nitrogens with one attached hydrogen (secondary N) is 1. The standard InChI is InChI=1S/C12H20N2O5S2/c1-9-8-10(20-11(9)12(15)16)21(17,18)13-4-6-19-7-5-14(2)3/h8,13H,4-7H2,1-3H3,(H,15,16). The topological polar surface area (TPSA) is 95.9 Å². The van der Waals surface area contributed by atoms with Crippen molar-refractivity contribution in [3.63, 3.8) is 0 Å². The van der Waals surface area contributed by atoms with Crippen LogP contribution in [-0.2, 0) is 14.8 Å². The van der Waals surface area contributed by atoms with Crippen LogP contribution in [0, 0.1) is 6.92 Å². The minimum Gasteiger partial charge on any atom is -0.477 e. The summed E-state index contributed by atoms with van der Waals surface area (Å²) in [5, 5.41) is 8.93. The van der Waals surface area contributed by atoms with E-state index in [1.54, 1.807) is 6.92 Å². The number of nitrogens with zero attached hydrogens (tertiary/aromatic N) is 1. The molecule has 7 nitrogen and oxygen atoms in total. The summed E-state index contributed by atoms with van der Waals surface area (Å²) in [6.45, 7) is 3.27. The number of hydrogen-bond donors (Lipinski definition) is 2. The van der Waals surface area contributed by atoms with E-state index in [0.717, 1.165) is 17.9 Å². The third kappa shape index (κ3) is 5.71. The number of rotatable bonds is 9. The Morgan fingerprint density at radius 1 is 1.43 bits per heavy atom. The second kappa shape index (κ2) is 7.85. The van der Waals surface area contributed by atoms with Crippen molar-refractivity contribution in [1.29, 1.82) is 0 Å². The van der Waals surface area contributed by atoms with E-state index in [0.29, 0.717) is 12.2 Å². The van der Waals surface area contributed by atoms with Gasteiger partial charge in [0.05, 0.1) is 13.2 Å². The molecule has 0 aliphatic heterocycles. The first-order chi connectivity index (χ1) is 9.74. The average molecular weight is 336 g/mol. The van der Waals surface area contributed by atoms with Gasteiger partial charge in [-0.2, -0.15) is 0 Å². The van der Waals surface area contributed by atoms with Crippen molar-refractivity contribution in [3.8, 4) is 0 Å². The predicted octanol–water partition coefficient (Wildman–Crippen LogP) is 0.611. The minimum absolute atomic E-state index is 0.00527. The molecule has 0 amide bonds. The zero-order valence-electron chi connectivity index (χ0n) is 12.2. The first-order valence-corrected chi connectivity index (χ1v) is 8.60. The fourth-order valence-electron chi connectivity index (χ4n) is 1.47. The molecule has 9 heteroatoms. The Balaban J connectivity index is 2.50. The highest BCUT2D eigenvalue weighted by Crippen LogP contribution is 2.25. The van der Waals surface area contributed by atoms with Crippen LogP contribution in [0.1, 0.15) is 15.2 Å². The lowest BCUT2D eigenvalue weighted by molar-refractivity contribution is 0.0701. The second-order valence-electron chi connectivity index (χ2n) is 4.70. The van der Waals surface area contributed by atoms with E-state index in [2.05, 4.69) is 4.72 Å². The van der Waals surface area contributed by atoms with Crippen LogP contribution in [0.4, 0.5) is 0 Å². The zero-order valence-corrected chi connectivity index (χ0v) is 13.9. The summed E-state index contributed by atoms with van der Waals surface area (Å²) in [6, 6.07) is 1.36. The minimum atomic E-state index is -3.68. The number of hydrogen-bond acceptors (Lipinski definition) is 6. The van der Waals surface area contributed by atoms with E-state index in [-0.39, 0.29) is 22.2 Å². The van der Waals surface area contributed by atoms with Crippen molar-refractivity contribution in [2.24, 2.45) is 0 Å². The number of aromatic carboxylic acids is 1. The summed E-state index contributed by atoms with van der Waals surface area (Å²) in [5.41, 5.74) is 0.440. The summed E-state index contributed by atoms with van der Waals surface area (Å²) in [7, 11) is 0.159. The summed E-state index contributed by atoms with van der Waals surface area (Å²) >= 11 is 0.749. The number of ether oxygens (including phenoxy) is 1. The van der Waals surface area contributed by atoms with Crippen molar-refractivity contribution >= 4 is 27.3 Å². The van der Waals surface area contributed by atoms with Crippen LogP contribution in [0.5, 0.6) is 0 Å². The highest BCUT2D eigenvalue weighted by Gasteiger charge is 2.21. The molecule has 0 aliphatic carbocycles. The number of carbonyl (C=O) groups is 1. The van der Waals surface area contributed by atoms with Crippen molar-refractivity contribution in [2.45, 2.75) is 11.1 Å². The molecule has 1 aromatic heterocycles. The fraction of sp³-hybridized carbons (Fsp3) is 0.583. The van der Waals surface area contributed by atoms with Gasteiger partial charge in [0.15, 0.2) is 0 Å². The zero-order chi connectivity index (χ0) is 16.0. The molecule has 0 radical (unpaired) electrons. The van der Waals surface area contributed by atoms with Crippen LogP contribution in [-0.4, -0.2) is 64.8 Å². The maximum atomic E-state index is 12.0. The molecule has 0 aliphatic rings. The van der Waals surface area contributed by atoms with Crippen molar-refractivity contribution < 1.29 is 23.1 Å². The Labute approximate surface area is 128 Å². The highest BCUT2D eigenvalue weighted by atomic mass is 32.2. The van der Waals surface area contributed by atoms with Crippen LogP contribution < -0.4 is 4.72 Å². The fourth-order valence-corrected chi connectivity index (χ4v) is 3.90. The van der Waals surface area contributed by atoms with Crippen LogP contribution >= 0.6 is 11.3 Å². The summed E-state index contributed by atoms with van der Waals surface area (Å²) in [6.07, 6.45) is 0. The molecule has 0 bridgehead atoms. The monoisotopic (exact) mass is 336 g/mol. The lowest BCUT2D eigenvalue weighted by Crippen LogP contribution is -2.28. The van der Waals surface area contributed by atoms with E-state index < -0.39 is 16.0 Å². The van der Waals surface area contributed by atoms with Crippen molar-refractivity contribution in [2.75, 3.05) is 40.4 Å². The first-order valence-electron chi connectivity index (χ1n) is 6.30. The summed E-state index contributed by atoms with van der Waals surface area (Å²) in [5.74, 6) is -1.12.